The van der Waals surface area contributed by atoms with Crippen molar-refractivity contribution in [3.8, 4) is 11.1 Å². The van der Waals surface area contributed by atoms with Crippen LogP contribution in [0.5, 0.6) is 0 Å². The fraction of sp³-hybridized carbons (Fsp3) is 0.324. The van der Waals surface area contributed by atoms with Crippen molar-refractivity contribution < 1.29 is 13.2 Å². The number of halogens is 3. The van der Waals surface area contributed by atoms with E-state index in [1.54, 1.807) is 24.7 Å². The summed E-state index contributed by atoms with van der Waals surface area (Å²) >= 11 is 0. The Bertz CT molecular complexity index is 1880. The second-order valence-electron chi connectivity index (χ2n) is 11.9. The Morgan fingerprint density at radius 3 is 2.44 bits per heavy atom. The normalized spacial score (nSPS) is 17.0. The van der Waals surface area contributed by atoms with Gasteiger partial charge in [0.25, 0.3) is 5.56 Å². The van der Waals surface area contributed by atoms with Gasteiger partial charge in [-0.25, -0.2) is 15.0 Å². The molecule has 230 valence electrons. The molecule has 5 aromatic rings. The Labute approximate surface area is 257 Å². The maximum Gasteiger partial charge on any atom is 0.416 e. The molecule has 1 aliphatic heterocycles. The number of fused-ring (bicyclic) bond motifs is 1. The molecule has 7 rings (SSSR count). The van der Waals surface area contributed by atoms with Crippen LogP contribution in [0.4, 0.5) is 24.8 Å². The van der Waals surface area contributed by atoms with Crippen molar-refractivity contribution >= 4 is 22.7 Å². The van der Waals surface area contributed by atoms with Crippen LogP contribution in [0.25, 0.3) is 22.2 Å². The first kappa shape index (κ1) is 29.1. The molecule has 2 aromatic carbocycles. The van der Waals surface area contributed by atoms with Gasteiger partial charge in [0.1, 0.15) is 11.5 Å². The minimum atomic E-state index is -4.58. The summed E-state index contributed by atoms with van der Waals surface area (Å²) in [5, 5.41) is 7.15. The number of nitrogens with one attached hydrogen (secondary N) is 2. The van der Waals surface area contributed by atoms with Gasteiger partial charge in [0.05, 0.1) is 17.7 Å². The van der Waals surface area contributed by atoms with Crippen molar-refractivity contribution in [2.24, 2.45) is 5.92 Å². The summed E-state index contributed by atoms with van der Waals surface area (Å²) in [4.78, 5) is 32.0. The number of pyridine rings is 1. The van der Waals surface area contributed by atoms with Gasteiger partial charge in [0.2, 0.25) is 5.95 Å². The van der Waals surface area contributed by atoms with Crippen LogP contribution in [0.3, 0.4) is 0 Å². The largest absolute Gasteiger partial charge is 0.416 e. The van der Waals surface area contributed by atoms with Gasteiger partial charge in [-0.2, -0.15) is 18.2 Å². The van der Waals surface area contributed by atoms with E-state index in [-0.39, 0.29) is 29.3 Å². The van der Waals surface area contributed by atoms with Gasteiger partial charge in [-0.1, -0.05) is 30.3 Å². The van der Waals surface area contributed by atoms with E-state index in [0.717, 1.165) is 49.9 Å². The zero-order valence-electron chi connectivity index (χ0n) is 24.5. The molecule has 4 heterocycles. The molecule has 0 bridgehead atoms. The molecule has 8 nitrogen and oxygen atoms in total. The van der Waals surface area contributed by atoms with Crippen LogP contribution in [-0.4, -0.2) is 37.6 Å². The standard InChI is InChI=1S/C34H32F3N7O/c35-34(36,37)29-6-2-1-5-24(29)20-44-31-25(15-28(32(44)45)26-18-39-30(40-19-26)23-9-10-23)17-41-33(43-31)42-27-11-7-21(8-12-27)14-22-4-3-13-38-16-22/h1-2,5-8,11-12,15,17-19,22-23,38H,3-4,9-10,13-14,16,20H2,(H,41,42,43). The van der Waals surface area contributed by atoms with Crippen molar-refractivity contribution in [1.29, 1.82) is 0 Å². The predicted molar refractivity (Wildman–Crippen MR) is 166 cm³/mol. The number of anilines is 2. The highest BCUT2D eigenvalue weighted by Gasteiger charge is 2.33. The highest BCUT2D eigenvalue weighted by atomic mass is 19.4. The number of aromatic nitrogens is 5. The molecular formula is C34H32F3N7O. The molecule has 0 radical (unpaired) electrons. The molecule has 2 fully saturated rings. The van der Waals surface area contributed by atoms with Crippen LogP contribution in [0.2, 0.25) is 0 Å². The molecule has 11 heteroatoms. The van der Waals surface area contributed by atoms with Gasteiger partial charge in [-0.3, -0.25) is 9.36 Å². The Kier molecular flexibility index (Phi) is 7.78. The molecule has 0 amide bonds. The molecule has 1 unspecified atom stereocenters. The summed E-state index contributed by atoms with van der Waals surface area (Å²) in [6.07, 6.45) is 5.68. The third kappa shape index (κ3) is 6.44. The Hall–Kier alpha value is -4.64. The van der Waals surface area contributed by atoms with Crippen LogP contribution in [0.15, 0.2) is 78.0 Å². The lowest BCUT2D eigenvalue weighted by Crippen LogP contribution is -2.30. The minimum absolute atomic E-state index is 0.0391. The second-order valence-corrected chi connectivity index (χ2v) is 11.9. The first-order chi connectivity index (χ1) is 21.8. The predicted octanol–water partition coefficient (Wildman–Crippen LogP) is 6.48. The van der Waals surface area contributed by atoms with E-state index < -0.39 is 17.3 Å². The molecule has 2 aliphatic rings. The van der Waals surface area contributed by atoms with Gasteiger partial charge >= 0.3 is 6.18 Å². The van der Waals surface area contributed by atoms with E-state index in [9.17, 15) is 18.0 Å². The smallest absolute Gasteiger partial charge is 0.324 e. The van der Waals surface area contributed by atoms with E-state index in [1.807, 2.05) is 12.1 Å². The first-order valence-corrected chi connectivity index (χ1v) is 15.3. The van der Waals surface area contributed by atoms with Crippen LogP contribution in [0.1, 0.15) is 54.1 Å². The zero-order chi connectivity index (χ0) is 31.0. The highest BCUT2D eigenvalue weighted by molar-refractivity contribution is 5.81. The molecule has 2 N–H and O–H groups in total. The summed E-state index contributed by atoms with van der Waals surface area (Å²) in [5.41, 5.74) is 1.64. The van der Waals surface area contributed by atoms with Gasteiger partial charge in [0, 0.05) is 41.1 Å². The average Bonchev–Trinajstić information content (AvgIpc) is 3.90. The molecule has 0 spiro atoms. The van der Waals surface area contributed by atoms with E-state index in [0.29, 0.717) is 22.8 Å². The Balaban J connectivity index is 1.24. The lowest BCUT2D eigenvalue weighted by molar-refractivity contribution is -0.138. The average molecular weight is 612 g/mol. The topological polar surface area (TPSA) is 97.6 Å². The molecular weight excluding hydrogens is 579 g/mol. The van der Waals surface area contributed by atoms with E-state index in [2.05, 4.69) is 42.7 Å². The number of nitrogens with zero attached hydrogens (tertiary/aromatic N) is 5. The van der Waals surface area contributed by atoms with Crippen molar-refractivity contribution in [3.05, 3.63) is 106 Å². The van der Waals surface area contributed by atoms with Crippen LogP contribution in [-0.2, 0) is 19.1 Å². The molecule has 1 saturated carbocycles. The van der Waals surface area contributed by atoms with Gasteiger partial charge in [-0.15, -0.1) is 0 Å². The van der Waals surface area contributed by atoms with Crippen molar-refractivity contribution in [2.75, 3.05) is 18.4 Å². The van der Waals surface area contributed by atoms with Crippen molar-refractivity contribution in [3.63, 3.8) is 0 Å². The van der Waals surface area contributed by atoms with Crippen molar-refractivity contribution in [1.82, 2.24) is 29.8 Å². The molecule has 1 saturated heterocycles. The lowest BCUT2D eigenvalue weighted by Gasteiger charge is -2.22. The van der Waals surface area contributed by atoms with Crippen LogP contribution < -0.4 is 16.2 Å². The summed E-state index contributed by atoms with van der Waals surface area (Å²) in [7, 11) is 0. The maximum absolute atomic E-state index is 14.0. The molecule has 3 aromatic heterocycles. The minimum Gasteiger partial charge on any atom is -0.324 e. The van der Waals surface area contributed by atoms with E-state index in [1.165, 1.54) is 41.2 Å². The maximum atomic E-state index is 14.0. The number of hydrogen-bond donors (Lipinski definition) is 2. The third-order valence-corrected chi connectivity index (χ3v) is 8.54. The molecule has 1 atom stereocenters. The first-order valence-electron chi connectivity index (χ1n) is 15.3. The second kappa shape index (κ2) is 12.0. The van der Waals surface area contributed by atoms with Crippen molar-refractivity contribution in [2.45, 2.75) is 50.7 Å². The number of hydrogen-bond acceptors (Lipinski definition) is 7. The number of piperidine rings is 1. The number of benzene rings is 2. The van der Waals surface area contributed by atoms with E-state index in [4.69, 9.17) is 0 Å². The lowest BCUT2D eigenvalue weighted by atomic mass is 9.92. The number of rotatable bonds is 8. The summed E-state index contributed by atoms with van der Waals surface area (Å²) in [6.45, 7) is 1.78. The fourth-order valence-electron chi connectivity index (χ4n) is 5.99. The Morgan fingerprint density at radius 1 is 0.956 bits per heavy atom. The Morgan fingerprint density at radius 2 is 1.73 bits per heavy atom. The highest BCUT2D eigenvalue weighted by Crippen LogP contribution is 2.38. The SMILES string of the molecule is O=c1c(-c2cnc(C3CC3)nc2)cc2cnc(Nc3ccc(CC4CCCNC4)cc3)nc2n1Cc1ccccc1C(F)(F)F. The molecule has 45 heavy (non-hydrogen) atoms. The third-order valence-electron chi connectivity index (χ3n) is 8.54. The quantitative estimate of drug-likeness (QED) is 0.207. The summed E-state index contributed by atoms with van der Waals surface area (Å²) in [5.74, 6) is 1.93. The van der Waals surface area contributed by atoms with Gasteiger partial charge < -0.3 is 10.6 Å². The summed E-state index contributed by atoms with van der Waals surface area (Å²) in [6, 6.07) is 15.0. The monoisotopic (exact) mass is 611 g/mol. The van der Waals surface area contributed by atoms with Crippen LogP contribution >= 0.6 is 0 Å². The van der Waals surface area contributed by atoms with Crippen LogP contribution in [0, 0.1) is 5.92 Å². The number of alkyl halides is 3. The van der Waals surface area contributed by atoms with Gasteiger partial charge in [-0.05, 0) is 86.5 Å². The summed E-state index contributed by atoms with van der Waals surface area (Å²) < 4.78 is 43.1. The van der Waals surface area contributed by atoms with E-state index >= 15 is 0 Å². The fourth-order valence-corrected chi connectivity index (χ4v) is 5.99. The molecule has 1 aliphatic carbocycles. The zero-order valence-corrected chi connectivity index (χ0v) is 24.5. The van der Waals surface area contributed by atoms with Gasteiger partial charge in [0.15, 0.2) is 0 Å².